The third kappa shape index (κ3) is 5.68. The van der Waals surface area contributed by atoms with Crippen molar-refractivity contribution in [1.29, 1.82) is 0 Å². The zero-order chi connectivity index (χ0) is 13.3. The quantitative estimate of drug-likeness (QED) is 0.417. The molecule has 1 aromatic rings. The summed E-state index contributed by atoms with van der Waals surface area (Å²) < 4.78 is 72.0. The van der Waals surface area contributed by atoms with Crippen molar-refractivity contribution >= 4 is 10.4 Å². The Morgan fingerprint density at radius 2 is 1.89 bits per heavy atom. The first-order chi connectivity index (χ1) is 7.59. The number of hydrogen-bond donors (Lipinski definition) is 0. The Labute approximate surface area is 124 Å². The molecular weight excluding hydrogens is 284 g/mol. The number of rotatable bonds is 3. The Morgan fingerprint density at radius 3 is 2.33 bits per heavy atom. The molecule has 0 amide bonds. The second-order valence-corrected chi connectivity index (χ2v) is 4.28. The van der Waals surface area contributed by atoms with E-state index in [1.165, 1.54) is 13.0 Å². The molecule has 0 saturated carbocycles. The van der Waals surface area contributed by atoms with Gasteiger partial charge in [0.2, 0.25) is 10.4 Å². The first kappa shape index (κ1) is 17.9. The fourth-order valence-corrected chi connectivity index (χ4v) is 1.66. The van der Waals surface area contributed by atoms with Gasteiger partial charge in [-0.25, -0.2) is 8.42 Å². The van der Waals surface area contributed by atoms with Gasteiger partial charge >= 0.3 is 35.7 Å². The minimum Gasteiger partial charge on any atom is -0.726 e. The van der Waals surface area contributed by atoms with Crippen LogP contribution in [0.15, 0.2) is 24.3 Å². The molecule has 0 bridgehead atoms. The number of alkyl halides is 3. The zero-order valence-corrected chi connectivity index (χ0v) is 12.4. The SMILES string of the molecule is C[C@H](OS(=O)(=O)[O-])c1cccc(C(F)(F)F)c1.[Na+]. The Morgan fingerprint density at radius 1 is 1.33 bits per heavy atom. The smallest absolute Gasteiger partial charge is 0.726 e. The van der Waals surface area contributed by atoms with E-state index in [2.05, 4.69) is 4.18 Å². The van der Waals surface area contributed by atoms with Crippen LogP contribution in [0.4, 0.5) is 13.2 Å². The predicted molar refractivity (Wildman–Crippen MR) is 50.6 cm³/mol. The summed E-state index contributed by atoms with van der Waals surface area (Å²) in [6, 6.07) is 3.91. The van der Waals surface area contributed by atoms with Gasteiger partial charge in [-0.2, -0.15) is 13.2 Å². The summed E-state index contributed by atoms with van der Waals surface area (Å²) in [4.78, 5) is 0. The minimum atomic E-state index is -4.95. The van der Waals surface area contributed by atoms with Crippen molar-refractivity contribution in [1.82, 2.24) is 0 Å². The van der Waals surface area contributed by atoms with Crippen LogP contribution < -0.4 is 29.6 Å². The summed E-state index contributed by atoms with van der Waals surface area (Å²) in [7, 11) is -4.95. The zero-order valence-electron chi connectivity index (χ0n) is 9.56. The number of halogens is 3. The summed E-state index contributed by atoms with van der Waals surface area (Å²) in [6.45, 7) is 1.17. The molecule has 0 aliphatic carbocycles. The largest absolute Gasteiger partial charge is 1.00 e. The number of benzene rings is 1. The second-order valence-electron chi connectivity index (χ2n) is 3.27. The first-order valence-electron chi connectivity index (χ1n) is 4.41. The van der Waals surface area contributed by atoms with E-state index in [9.17, 15) is 26.1 Å². The van der Waals surface area contributed by atoms with Gasteiger partial charge in [-0.05, 0) is 24.6 Å². The van der Waals surface area contributed by atoms with E-state index in [0.29, 0.717) is 0 Å². The van der Waals surface area contributed by atoms with Gasteiger partial charge in [-0.3, -0.25) is 4.18 Å². The van der Waals surface area contributed by atoms with Gasteiger partial charge in [-0.15, -0.1) is 0 Å². The molecule has 1 rings (SSSR count). The molecular formula is C9H8F3NaO4S. The van der Waals surface area contributed by atoms with Crippen molar-refractivity contribution in [3.05, 3.63) is 35.4 Å². The average molecular weight is 292 g/mol. The molecule has 1 atom stereocenters. The Balaban J connectivity index is 0.00000289. The third-order valence-electron chi connectivity index (χ3n) is 1.95. The van der Waals surface area contributed by atoms with Crippen LogP contribution in [0.3, 0.4) is 0 Å². The molecule has 0 aromatic heterocycles. The summed E-state index contributed by atoms with van der Waals surface area (Å²) in [5.41, 5.74) is -0.979. The van der Waals surface area contributed by atoms with Crippen LogP contribution in [0.2, 0.25) is 0 Å². The average Bonchev–Trinajstić information content (AvgIpc) is 2.14. The molecule has 0 fully saturated rings. The van der Waals surface area contributed by atoms with Gasteiger partial charge in [0, 0.05) is 0 Å². The van der Waals surface area contributed by atoms with Crippen LogP contribution >= 0.6 is 0 Å². The maximum atomic E-state index is 12.3. The minimum absolute atomic E-state index is 0. The van der Waals surface area contributed by atoms with E-state index in [1.54, 1.807) is 0 Å². The third-order valence-corrected chi connectivity index (χ3v) is 2.47. The van der Waals surface area contributed by atoms with E-state index in [4.69, 9.17) is 0 Å². The fraction of sp³-hybridized carbons (Fsp3) is 0.333. The molecule has 96 valence electrons. The number of hydrogen-bond acceptors (Lipinski definition) is 4. The van der Waals surface area contributed by atoms with Crippen molar-refractivity contribution in [3.63, 3.8) is 0 Å². The molecule has 0 N–H and O–H groups in total. The van der Waals surface area contributed by atoms with E-state index in [1.807, 2.05) is 0 Å². The molecule has 0 heterocycles. The van der Waals surface area contributed by atoms with Crippen LogP contribution in [0.25, 0.3) is 0 Å². The van der Waals surface area contributed by atoms with Crippen LogP contribution in [0.5, 0.6) is 0 Å². The molecule has 0 saturated heterocycles. The van der Waals surface area contributed by atoms with E-state index in [-0.39, 0.29) is 35.1 Å². The maximum Gasteiger partial charge on any atom is 1.00 e. The van der Waals surface area contributed by atoms with E-state index >= 15 is 0 Å². The fourth-order valence-electron chi connectivity index (χ4n) is 1.20. The monoisotopic (exact) mass is 292 g/mol. The summed E-state index contributed by atoms with van der Waals surface area (Å²) in [5.74, 6) is 0. The molecule has 0 aliphatic heterocycles. The van der Waals surface area contributed by atoms with E-state index < -0.39 is 28.2 Å². The topological polar surface area (TPSA) is 66.4 Å². The Hall–Kier alpha value is -0.120. The molecule has 18 heavy (non-hydrogen) atoms. The van der Waals surface area contributed by atoms with Crippen molar-refractivity contribution in [2.45, 2.75) is 19.2 Å². The normalized spacial score (nSPS) is 13.8. The first-order valence-corrected chi connectivity index (χ1v) is 5.74. The summed E-state index contributed by atoms with van der Waals surface area (Å²) in [6.07, 6.45) is -5.80. The molecule has 0 spiro atoms. The molecule has 0 aliphatic rings. The van der Waals surface area contributed by atoms with Crippen molar-refractivity contribution < 1.29 is 59.9 Å². The Kier molecular flexibility index (Phi) is 6.31. The van der Waals surface area contributed by atoms with Crippen molar-refractivity contribution in [2.75, 3.05) is 0 Å². The molecule has 1 aromatic carbocycles. The van der Waals surface area contributed by atoms with Crippen molar-refractivity contribution in [2.24, 2.45) is 0 Å². The van der Waals surface area contributed by atoms with Gasteiger partial charge < -0.3 is 4.55 Å². The van der Waals surface area contributed by atoms with Crippen molar-refractivity contribution in [3.8, 4) is 0 Å². The van der Waals surface area contributed by atoms with Gasteiger partial charge in [-0.1, -0.05) is 12.1 Å². The van der Waals surface area contributed by atoms with Gasteiger partial charge in [0.15, 0.2) is 0 Å². The second kappa shape index (κ2) is 6.36. The summed E-state index contributed by atoms with van der Waals surface area (Å²) >= 11 is 0. The standard InChI is InChI=1S/C9H9F3O4S.Na/c1-6(16-17(13,14)15)7-3-2-4-8(5-7)9(10,11)12;/h2-6H,1H3,(H,13,14,15);/q;+1/p-1/t6-;/m0./s1. The van der Waals surface area contributed by atoms with Crippen LogP contribution in [-0.2, 0) is 20.8 Å². The molecule has 4 nitrogen and oxygen atoms in total. The van der Waals surface area contributed by atoms with Crippen LogP contribution in [0.1, 0.15) is 24.2 Å². The summed E-state index contributed by atoms with van der Waals surface area (Å²) in [5, 5.41) is 0. The van der Waals surface area contributed by atoms with Crippen LogP contribution in [-0.4, -0.2) is 13.0 Å². The Bertz CT molecular complexity index is 501. The van der Waals surface area contributed by atoms with Gasteiger partial charge in [0.25, 0.3) is 0 Å². The molecule has 0 unspecified atom stereocenters. The maximum absolute atomic E-state index is 12.3. The van der Waals surface area contributed by atoms with Gasteiger partial charge in [0.05, 0.1) is 11.7 Å². The molecule has 9 heteroatoms. The molecule has 0 radical (unpaired) electrons. The van der Waals surface area contributed by atoms with Gasteiger partial charge in [0.1, 0.15) is 0 Å². The van der Waals surface area contributed by atoms with E-state index in [0.717, 1.165) is 18.2 Å². The predicted octanol–water partition coefficient (Wildman–Crippen LogP) is -0.753. The van der Waals surface area contributed by atoms with Crippen LogP contribution in [0, 0.1) is 0 Å².